The van der Waals surface area contributed by atoms with Crippen LogP contribution in [0.5, 0.6) is 0 Å². The van der Waals surface area contributed by atoms with Crippen LogP contribution in [0.25, 0.3) is 0 Å². The van der Waals surface area contributed by atoms with E-state index in [1.54, 1.807) is 0 Å². The third-order valence-electron chi connectivity index (χ3n) is 2.91. The molecule has 2 heterocycles. The molecular weight excluding hydrogens is 240 g/mol. The second-order valence-electron chi connectivity index (χ2n) is 5.11. The van der Waals surface area contributed by atoms with Crippen molar-refractivity contribution in [3.8, 4) is 0 Å². The Hall–Kier alpha value is -1.62. The zero-order chi connectivity index (χ0) is 13.7. The van der Waals surface area contributed by atoms with Gasteiger partial charge in [0, 0.05) is 24.9 Å². The average molecular weight is 262 g/mol. The van der Waals surface area contributed by atoms with Crippen LogP contribution in [0.2, 0.25) is 0 Å². The summed E-state index contributed by atoms with van der Waals surface area (Å²) >= 11 is 0. The summed E-state index contributed by atoms with van der Waals surface area (Å²) in [5.41, 5.74) is 1.23. The molecule has 0 radical (unpaired) electrons. The third kappa shape index (κ3) is 3.92. The molecule has 0 aromatic carbocycles. The van der Waals surface area contributed by atoms with Gasteiger partial charge in [-0.15, -0.1) is 0 Å². The van der Waals surface area contributed by atoms with E-state index in [1.165, 1.54) is 5.69 Å². The highest BCUT2D eigenvalue weighted by atomic mass is 16.5. The van der Waals surface area contributed by atoms with Gasteiger partial charge in [-0.3, -0.25) is 0 Å². The molecule has 0 saturated heterocycles. The molecule has 0 atom stereocenters. The Labute approximate surface area is 114 Å². The van der Waals surface area contributed by atoms with Crippen molar-refractivity contribution in [2.45, 2.75) is 40.3 Å². The summed E-state index contributed by atoms with van der Waals surface area (Å²) in [5.74, 6) is 2.09. The first kappa shape index (κ1) is 13.8. The molecule has 5 heteroatoms. The lowest BCUT2D eigenvalue weighted by Crippen LogP contribution is -2.21. The van der Waals surface area contributed by atoms with E-state index in [1.807, 2.05) is 19.2 Å². The smallest absolute Gasteiger partial charge is 0.246 e. The predicted molar refractivity (Wildman–Crippen MR) is 73.8 cm³/mol. The van der Waals surface area contributed by atoms with E-state index in [0.29, 0.717) is 18.4 Å². The van der Waals surface area contributed by atoms with Crippen LogP contribution in [0.1, 0.15) is 38.2 Å². The first-order chi connectivity index (χ1) is 9.19. The fraction of sp³-hybridized carbons (Fsp3) is 0.571. The minimum Gasteiger partial charge on any atom is -0.341 e. The molecule has 2 aromatic heterocycles. The second kappa shape index (κ2) is 6.52. The van der Waals surface area contributed by atoms with Gasteiger partial charge in [0.2, 0.25) is 5.89 Å². The summed E-state index contributed by atoms with van der Waals surface area (Å²) in [6.07, 6.45) is 2.85. The molecule has 1 N–H and O–H groups in total. The highest BCUT2D eigenvalue weighted by Gasteiger charge is 2.08. The Kier molecular flexibility index (Phi) is 4.74. The van der Waals surface area contributed by atoms with Gasteiger partial charge < -0.3 is 14.4 Å². The minimum absolute atomic E-state index is 0.638. The zero-order valence-electron chi connectivity index (χ0n) is 11.9. The summed E-state index contributed by atoms with van der Waals surface area (Å²) in [6.45, 7) is 8.95. The summed E-state index contributed by atoms with van der Waals surface area (Å²) < 4.78 is 7.36. The van der Waals surface area contributed by atoms with Crippen molar-refractivity contribution in [1.82, 2.24) is 20.0 Å². The third-order valence-corrected chi connectivity index (χ3v) is 2.91. The number of nitrogens with zero attached hydrogens (tertiary/aromatic N) is 3. The van der Waals surface area contributed by atoms with Crippen molar-refractivity contribution < 1.29 is 4.52 Å². The van der Waals surface area contributed by atoms with Gasteiger partial charge in [0.05, 0.1) is 0 Å². The molecule has 0 aliphatic heterocycles. The van der Waals surface area contributed by atoms with Gasteiger partial charge in [0.25, 0.3) is 0 Å². The number of nitrogens with one attached hydrogen (secondary N) is 1. The first-order valence-corrected chi connectivity index (χ1v) is 6.85. The molecule has 0 saturated carbocycles. The molecule has 0 aliphatic carbocycles. The molecule has 0 amide bonds. The number of hydrogen-bond donors (Lipinski definition) is 1. The molecule has 19 heavy (non-hydrogen) atoms. The number of hydrogen-bond acceptors (Lipinski definition) is 4. The van der Waals surface area contributed by atoms with Crippen LogP contribution < -0.4 is 5.32 Å². The van der Waals surface area contributed by atoms with Gasteiger partial charge in [0.15, 0.2) is 5.82 Å². The Morgan fingerprint density at radius 1 is 1.42 bits per heavy atom. The van der Waals surface area contributed by atoms with Crippen molar-refractivity contribution in [2.24, 2.45) is 5.92 Å². The number of aryl methyl sites for hydroxylation is 1. The van der Waals surface area contributed by atoms with Gasteiger partial charge in [0.1, 0.15) is 6.54 Å². The summed E-state index contributed by atoms with van der Waals surface area (Å²) in [5, 5.41) is 7.36. The molecule has 0 fully saturated rings. The topological polar surface area (TPSA) is 55.9 Å². The number of rotatable bonds is 7. The highest BCUT2D eigenvalue weighted by Crippen LogP contribution is 2.07. The lowest BCUT2D eigenvalue weighted by molar-refractivity contribution is 0.364. The molecule has 2 rings (SSSR count). The van der Waals surface area contributed by atoms with E-state index in [-0.39, 0.29) is 0 Å². The monoisotopic (exact) mass is 262 g/mol. The Morgan fingerprint density at radius 3 is 2.95 bits per heavy atom. The van der Waals surface area contributed by atoms with Crippen LogP contribution in [0, 0.1) is 5.92 Å². The Bertz CT molecular complexity index is 501. The van der Waals surface area contributed by atoms with Gasteiger partial charge in [-0.1, -0.05) is 25.9 Å². The Morgan fingerprint density at radius 2 is 2.26 bits per heavy atom. The lowest BCUT2D eigenvalue weighted by Gasteiger charge is -2.09. The SMILES string of the molecule is CCc1noc(Cn2cccc2CNCC(C)C)n1. The maximum absolute atomic E-state index is 5.22. The minimum atomic E-state index is 0.638. The van der Waals surface area contributed by atoms with Crippen molar-refractivity contribution in [3.05, 3.63) is 35.7 Å². The van der Waals surface area contributed by atoms with Gasteiger partial charge in [-0.25, -0.2) is 0 Å². The van der Waals surface area contributed by atoms with Crippen LogP contribution in [0.3, 0.4) is 0 Å². The number of aromatic nitrogens is 3. The molecule has 0 spiro atoms. The van der Waals surface area contributed by atoms with Gasteiger partial charge in [-0.2, -0.15) is 4.98 Å². The van der Waals surface area contributed by atoms with E-state index < -0.39 is 0 Å². The molecule has 2 aromatic rings. The molecule has 0 unspecified atom stereocenters. The zero-order valence-corrected chi connectivity index (χ0v) is 11.9. The molecular formula is C14H22N4O. The lowest BCUT2D eigenvalue weighted by atomic mass is 10.2. The van der Waals surface area contributed by atoms with E-state index in [2.05, 4.69) is 39.9 Å². The van der Waals surface area contributed by atoms with Crippen molar-refractivity contribution in [3.63, 3.8) is 0 Å². The van der Waals surface area contributed by atoms with Crippen LogP contribution in [-0.4, -0.2) is 21.3 Å². The maximum atomic E-state index is 5.22. The van der Waals surface area contributed by atoms with E-state index in [4.69, 9.17) is 4.52 Å². The van der Waals surface area contributed by atoms with Gasteiger partial charge in [-0.05, 0) is 24.6 Å². The highest BCUT2D eigenvalue weighted by molar-refractivity contribution is 5.08. The van der Waals surface area contributed by atoms with Gasteiger partial charge >= 0.3 is 0 Å². The normalized spacial score (nSPS) is 11.4. The fourth-order valence-electron chi connectivity index (χ4n) is 1.90. The van der Waals surface area contributed by atoms with Crippen LogP contribution in [0.4, 0.5) is 0 Å². The largest absolute Gasteiger partial charge is 0.341 e. The molecule has 0 aliphatic rings. The van der Waals surface area contributed by atoms with Crippen molar-refractivity contribution >= 4 is 0 Å². The van der Waals surface area contributed by atoms with E-state index in [0.717, 1.165) is 25.3 Å². The quantitative estimate of drug-likeness (QED) is 0.831. The van der Waals surface area contributed by atoms with E-state index in [9.17, 15) is 0 Å². The summed E-state index contributed by atoms with van der Waals surface area (Å²) in [4.78, 5) is 4.33. The maximum Gasteiger partial charge on any atom is 0.246 e. The van der Waals surface area contributed by atoms with Crippen molar-refractivity contribution in [1.29, 1.82) is 0 Å². The van der Waals surface area contributed by atoms with E-state index >= 15 is 0 Å². The average Bonchev–Trinajstić information content (AvgIpc) is 2.99. The summed E-state index contributed by atoms with van der Waals surface area (Å²) in [6, 6.07) is 4.16. The molecule has 5 nitrogen and oxygen atoms in total. The predicted octanol–water partition coefficient (Wildman–Crippen LogP) is 2.23. The van der Waals surface area contributed by atoms with Crippen LogP contribution >= 0.6 is 0 Å². The summed E-state index contributed by atoms with van der Waals surface area (Å²) in [7, 11) is 0. The standard InChI is InChI=1S/C14H22N4O/c1-4-13-16-14(19-17-13)10-18-7-5-6-12(18)9-15-8-11(2)3/h5-7,11,15H,4,8-10H2,1-3H3. The molecule has 0 bridgehead atoms. The fourth-order valence-corrected chi connectivity index (χ4v) is 1.90. The van der Waals surface area contributed by atoms with Crippen LogP contribution in [-0.2, 0) is 19.5 Å². The Balaban J connectivity index is 1.95. The van der Waals surface area contributed by atoms with Crippen molar-refractivity contribution in [2.75, 3.05) is 6.54 Å². The second-order valence-corrected chi connectivity index (χ2v) is 5.11. The first-order valence-electron chi connectivity index (χ1n) is 6.85. The molecule has 104 valence electrons. The van der Waals surface area contributed by atoms with Crippen LogP contribution in [0.15, 0.2) is 22.9 Å².